The highest BCUT2D eigenvalue weighted by molar-refractivity contribution is 5.22. The summed E-state index contributed by atoms with van der Waals surface area (Å²) >= 11 is 0. The SMILES string of the molecule is Cc1cccc(CCC2(Cn3ccnc3)OCC(C(C)C)O2)c1. The smallest absolute Gasteiger partial charge is 0.187 e. The quantitative estimate of drug-likeness (QED) is 0.817. The van der Waals surface area contributed by atoms with Crippen LogP contribution in [0.4, 0.5) is 0 Å². The third-order valence-corrected chi connectivity index (χ3v) is 4.48. The van der Waals surface area contributed by atoms with Crippen LogP contribution in [0.1, 0.15) is 31.4 Å². The van der Waals surface area contributed by atoms with Gasteiger partial charge >= 0.3 is 0 Å². The van der Waals surface area contributed by atoms with Crippen molar-refractivity contribution in [3.8, 4) is 0 Å². The van der Waals surface area contributed by atoms with E-state index in [0.29, 0.717) is 19.1 Å². The Morgan fingerprint density at radius 3 is 2.91 bits per heavy atom. The molecule has 2 atom stereocenters. The molecule has 0 amide bonds. The fraction of sp³-hybridized carbons (Fsp3) is 0.526. The van der Waals surface area contributed by atoms with Crippen molar-refractivity contribution >= 4 is 0 Å². The van der Waals surface area contributed by atoms with E-state index in [0.717, 1.165) is 12.8 Å². The molecule has 2 heterocycles. The fourth-order valence-electron chi connectivity index (χ4n) is 3.06. The van der Waals surface area contributed by atoms with Crippen molar-refractivity contribution in [2.24, 2.45) is 5.92 Å². The average molecular weight is 314 g/mol. The van der Waals surface area contributed by atoms with Crippen LogP contribution in [0.2, 0.25) is 0 Å². The number of hydrogen-bond donors (Lipinski definition) is 0. The van der Waals surface area contributed by atoms with Crippen molar-refractivity contribution < 1.29 is 9.47 Å². The highest BCUT2D eigenvalue weighted by Gasteiger charge is 2.42. The molecule has 4 nitrogen and oxygen atoms in total. The van der Waals surface area contributed by atoms with Crippen LogP contribution in [0, 0.1) is 12.8 Å². The molecule has 1 aliphatic rings. The number of ether oxygens (including phenoxy) is 2. The molecule has 1 aliphatic heterocycles. The Morgan fingerprint density at radius 2 is 2.26 bits per heavy atom. The Morgan fingerprint density at radius 1 is 1.39 bits per heavy atom. The number of imidazole rings is 1. The minimum absolute atomic E-state index is 0.163. The normalized spacial score (nSPS) is 24.4. The summed E-state index contributed by atoms with van der Waals surface area (Å²) in [6.07, 6.45) is 7.53. The molecule has 2 unspecified atom stereocenters. The van der Waals surface area contributed by atoms with Gasteiger partial charge in [0.2, 0.25) is 0 Å². The third kappa shape index (κ3) is 4.01. The zero-order valence-electron chi connectivity index (χ0n) is 14.2. The monoisotopic (exact) mass is 314 g/mol. The van der Waals surface area contributed by atoms with Gasteiger partial charge in [0.05, 0.1) is 25.6 Å². The van der Waals surface area contributed by atoms with Gasteiger partial charge in [-0.3, -0.25) is 0 Å². The first-order chi connectivity index (χ1) is 11.1. The van der Waals surface area contributed by atoms with E-state index >= 15 is 0 Å². The Bertz CT molecular complexity index is 624. The van der Waals surface area contributed by atoms with Crippen LogP contribution < -0.4 is 0 Å². The van der Waals surface area contributed by atoms with E-state index in [9.17, 15) is 0 Å². The van der Waals surface area contributed by atoms with E-state index in [4.69, 9.17) is 9.47 Å². The number of rotatable bonds is 6. The molecular weight excluding hydrogens is 288 g/mol. The maximum Gasteiger partial charge on any atom is 0.187 e. The molecule has 1 saturated heterocycles. The molecule has 0 aliphatic carbocycles. The van der Waals surface area contributed by atoms with E-state index in [1.165, 1.54) is 11.1 Å². The summed E-state index contributed by atoms with van der Waals surface area (Å²) in [6.45, 7) is 7.84. The Labute approximate surface area is 138 Å². The molecule has 0 saturated carbocycles. The lowest BCUT2D eigenvalue weighted by Crippen LogP contribution is -2.37. The standard InChI is InChI=1S/C19H26N2O2/c1-15(2)18-12-22-19(23-18,13-21-10-9-20-14-21)8-7-17-6-4-5-16(3)11-17/h4-6,9-11,14-15,18H,7-8,12-13H2,1-3H3. The summed E-state index contributed by atoms with van der Waals surface area (Å²) in [4.78, 5) is 4.13. The number of benzene rings is 1. The second-order valence-corrected chi connectivity index (χ2v) is 6.85. The molecule has 3 rings (SSSR count). The molecule has 0 spiro atoms. The van der Waals surface area contributed by atoms with Gasteiger partial charge in [-0.15, -0.1) is 0 Å². The van der Waals surface area contributed by atoms with Gasteiger partial charge in [0.25, 0.3) is 0 Å². The van der Waals surface area contributed by atoms with Gasteiger partial charge in [0.1, 0.15) is 0 Å². The van der Waals surface area contributed by atoms with Gasteiger partial charge in [-0.25, -0.2) is 4.98 Å². The number of nitrogens with zero attached hydrogens (tertiary/aromatic N) is 2. The van der Waals surface area contributed by atoms with Crippen LogP contribution >= 0.6 is 0 Å². The molecular formula is C19H26N2O2. The first kappa shape index (κ1) is 16.2. The zero-order valence-corrected chi connectivity index (χ0v) is 14.2. The van der Waals surface area contributed by atoms with E-state index in [2.05, 4.69) is 50.0 Å². The van der Waals surface area contributed by atoms with Crippen molar-refractivity contribution in [2.45, 2.75) is 52.0 Å². The van der Waals surface area contributed by atoms with Crippen LogP contribution in [0.15, 0.2) is 43.0 Å². The Hall–Kier alpha value is -1.65. The zero-order chi connectivity index (χ0) is 16.3. The summed E-state index contributed by atoms with van der Waals surface area (Å²) < 4.78 is 14.6. The molecule has 1 aromatic heterocycles. The predicted molar refractivity (Wildman–Crippen MR) is 90.1 cm³/mol. The Balaban J connectivity index is 1.73. The van der Waals surface area contributed by atoms with E-state index in [1.807, 2.05) is 17.1 Å². The second kappa shape index (κ2) is 6.85. The molecule has 1 fully saturated rings. The molecule has 23 heavy (non-hydrogen) atoms. The van der Waals surface area contributed by atoms with Crippen molar-refractivity contribution in [2.75, 3.05) is 6.61 Å². The average Bonchev–Trinajstić information content (AvgIpc) is 3.16. The lowest BCUT2D eigenvalue weighted by atomic mass is 10.0. The molecule has 0 N–H and O–H groups in total. The van der Waals surface area contributed by atoms with Crippen LogP contribution in [0.3, 0.4) is 0 Å². The molecule has 2 aromatic rings. The first-order valence-electron chi connectivity index (χ1n) is 8.39. The van der Waals surface area contributed by atoms with Gasteiger partial charge in [-0.05, 0) is 24.8 Å². The van der Waals surface area contributed by atoms with Gasteiger partial charge < -0.3 is 14.0 Å². The maximum absolute atomic E-state index is 6.36. The first-order valence-corrected chi connectivity index (χ1v) is 8.39. The van der Waals surface area contributed by atoms with Crippen molar-refractivity contribution in [1.82, 2.24) is 9.55 Å². The largest absolute Gasteiger partial charge is 0.345 e. The third-order valence-electron chi connectivity index (χ3n) is 4.48. The summed E-state index contributed by atoms with van der Waals surface area (Å²) in [5.74, 6) is -0.0991. The minimum Gasteiger partial charge on any atom is -0.345 e. The van der Waals surface area contributed by atoms with Crippen LogP contribution in [0.5, 0.6) is 0 Å². The maximum atomic E-state index is 6.36. The lowest BCUT2D eigenvalue weighted by Gasteiger charge is -2.29. The summed E-state index contributed by atoms with van der Waals surface area (Å²) in [5, 5.41) is 0. The second-order valence-electron chi connectivity index (χ2n) is 6.85. The lowest BCUT2D eigenvalue weighted by molar-refractivity contribution is -0.185. The van der Waals surface area contributed by atoms with Crippen molar-refractivity contribution in [3.05, 3.63) is 54.1 Å². The minimum atomic E-state index is -0.556. The van der Waals surface area contributed by atoms with Gasteiger partial charge in [-0.1, -0.05) is 43.7 Å². The van der Waals surface area contributed by atoms with Gasteiger partial charge in [0, 0.05) is 18.8 Å². The molecule has 4 heteroatoms. The molecule has 1 aromatic carbocycles. The van der Waals surface area contributed by atoms with Crippen LogP contribution in [-0.4, -0.2) is 28.0 Å². The van der Waals surface area contributed by atoms with Crippen molar-refractivity contribution in [3.63, 3.8) is 0 Å². The van der Waals surface area contributed by atoms with Crippen LogP contribution in [-0.2, 0) is 22.4 Å². The Kier molecular flexibility index (Phi) is 4.83. The fourth-order valence-corrected chi connectivity index (χ4v) is 3.06. The summed E-state index contributed by atoms with van der Waals surface area (Å²) in [5.41, 5.74) is 2.62. The van der Waals surface area contributed by atoms with E-state index in [1.54, 1.807) is 6.20 Å². The molecule has 124 valence electrons. The van der Waals surface area contributed by atoms with E-state index in [-0.39, 0.29) is 6.10 Å². The van der Waals surface area contributed by atoms with Crippen molar-refractivity contribution in [1.29, 1.82) is 0 Å². The van der Waals surface area contributed by atoms with E-state index < -0.39 is 5.79 Å². The van der Waals surface area contributed by atoms with Gasteiger partial charge in [-0.2, -0.15) is 0 Å². The molecule has 0 radical (unpaired) electrons. The number of aromatic nitrogens is 2. The van der Waals surface area contributed by atoms with Crippen LogP contribution in [0.25, 0.3) is 0 Å². The molecule has 0 bridgehead atoms. The summed E-state index contributed by atoms with van der Waals surface area (Å²) in [7, 11) is 0. The highest BCUT2D eigenvalue weighted by Crippen LogP contribution is 2.33. The van der Waals surface area contributed by atoms with Gasteiger partial charge in [0.15, 0.2) is 5.79 Å². The topological polar surface area (TPSA) is 36.3 Å². The predicted octanol–water partition coefficient (Wildman–Crippen LogP) is 3.59. The highest BCUT2D eigenvalue weighted by atomic mass is 16.7. The number of aryl methyl sites for hydroxylation is 2. The number of hydrogen-bond acceptors (Lipinski definition) is 3. The summed E-state index contributed by atoms with van der Waals surface area (Å²) in [6, 6.07) is 8.65.